The molecular formula is C28H29N3O3S. The lowest BCUT2D eigenvalue weighted by Gasteiger charge is -2.22. The molecule has 5 rings (SSSR count). The number of benzene rings is 2. The summed E-state index contributed by atoms with van der Waals surface area (Å²) in [5.74, 6) is 1.11. The minimum Gasteiger partial charge on any atom is -0.493 e. The standard InChI is InChI=1S/C28H29N3O3S/c1-33-22-15-9-14-19(25(22)34-2)20-16-21(17-10-5-3-6-11-17)31-28-23(20)24(29)26(35-28)27(32)30-18-12-7-4-8-13-18/h3,5-6,9-11,14-16,18H,4,7-8,12-13,29H2,1-2H3,(H,30,32). The summed E-state index contributed by atoms with van der Waals surface area (Å²) in [5.41, 5.74) is 10.6. The van der Waals surface area contributed by atoms with E-state index in [4.69, 9.17) is 20.2 Å². The van der Waals surface area contributed by atoms with Gasteiger partial charge in [0, 0.05) is 28.1 Å². The fourth-order valence-electron chi connectivity index (χ4n) is 4.86. The van der Waals surface area contributed by atoms with E-state index in [9.17, 15) is 4.79 Å². The third kappa shape index (κ3) is 4.44. The average Bonchev–Trinajstić information content (AvgIpc) is 3.25. The Morgan fingerprint density at radius 3 is 2.49 bits per heavy atom. The van der Waals surface area contributed by atoms with E-state index in [1.165, 1.54) is 17.8 Å². The lowest BCUT2D eigenvalue weighted by Crippen LogP contribution is -2.36. The quantitative estimate of drug-likeness (QED) is 0.334. The number of nitrogens with two attached hydrogens (primary N) is 1. The van der Waals surface area contributed by atoms with Crippen LogP contribution in [0.5, 0.6) is 11.5 Å². The van der Waals surface area contributed by atoms with Crippen molar-refractivity contribution in [3.8, 4) is 33.9 Å². The second kappa shape index (κ2) is 9.96. The molecule has 1 saturated carbocycles. The number of amides is 1. The van der Waals surface area contributed by atoms with Gasteiger partial charge in [0.15, 0.2) is 11.5 Å². The van der Waals surface area contributed by atoms with Crippen LogP contribution in [-0.4, -0.2) is 31.2 Å². The van der Waals surface area contributed by atoms with Crippen LogP contribution in [0.4, 0.5) is 5.69 Å². The highest BCUT2D eigenvalue weighted by atomic mass is 32.1. The lowest BCUT2D eigenvalue weighted by molar-refractivity contribution is 0.0932. The molecule has 0 radical (unpaired) electrons. The first-order chi connectivity index (χ1) is 17.1. The number of nitrogens with zero attached hydrogens (tertiary/aromatic N) is 1. The number of para-hydroxylation sites is 1. The van der Waals surface area contributed by atoms with Crippen LogP contribution in [0.1, 0.15) is 41.8 Å². The molecule has 3 N–H and O–H groups in total. The number of pyridine rings is 1. The number of thiophene rings is 1. The van der Waals surface area contributed by atoms with Crippen molar-refractivity contribution in [3.05, 3.63) is 59.5 Å². The maximum absolute atomic E-state index is 13.3. The Balaban J connectivity index is 1.70. The zero-order valence-electron chi connectivity index (χ0n) is 20.0. The van der Waals surface area contributed by atoms with E-state index in [1.807, 2.05) is 54.6 Å². The molecule has 35 heavy (non-hydrogen) atoms. The molecule has 2 aromatic carbocycles. The van der Waals surface area contributed by atoms with E-state index >= 15 is 0 Å². The first kappa shape index (κ1) is 23.2. The van der Waals surface area contributed by atoms with Gasteiger partial charge < -0.3 is 20.5 Å². The van der Waals surface area contributed by atoms with Crippen LogP contribution >= 0.6 is 11.3 Å². The molecule has 0 unspecified atom stereocenters. The number of fused-ring (bicyclic) bond motifs is 1. The topological polar surface area (TPSA) is 86.5 Å². The van der Waals surface area contributed by atoms with Crippen LogP contribution in [0.25, 0.3) is 32.6 Å². The average molecular weight is 488 g/mol. The van der Waals surface area contributed by atoms with Gasteiger partial charge in [-0.2, -0.15) is 0 Å². The van der Waals surface area contributed by atoms with Gasteiger partial charge in [0.25, 0.3) is 5.91 Å². The summed E-state index contributed by atoms with van der Waals surface area (Å²) in [7, 11) is 3.24. The number of hydrogen-bond donors (Lipinski definition) is 2. The molecule has 1 aliphatic carbocycles. The third-order valence-corrected chi connectivity index (χ3v) is 7.71. The van der Waals surface area contributed by atoms with Crippen molar-refractivity contribution in [2.75, 3.05) is 20.0 Å². The summed E-state index contributed by atoms with van der Waals surface area (Å²) >= 11 is 1.34. The molecule has 0 saturated heterocycles. The molecule has 180 valence electrons. The van der Waals surface area contributed by atoms with Gasteiger partial charge in [0.05, 0.1) is 25.6 Å². The van der Waals surface area contributed by atoms with Crippen LogP contribution in [0, 0.1) is 0 Å². The predicted molar refractivity (Wildman–Crippen MR) is 142 cm³/mol. The van der Waals surface area contributed by atoms with Gasteiger partial charge in [-0.05, 0) is 25.0 Å². The Kier molecular flexibility index (Phi) is 6.59. The Hall–Kier alpha value is -3.58. The van der Waals surface area contributed by atoms with Gasteiger partial charge >= 0.3 is 0 Å². The Bertz CT molecular complexity index is 1360. The van der Waals surface area contributed by atoms with Crippen LogP contribution < -0.4 is 20.5 Å². The van der Waals surface area contributed by atoms with E-state index < -0.39 is 0 Å². The summed E-state index contributed by atoms with van der Waals surface area (Å²) in [4.78, 5) is 19.4. The summed E-state index contributed by atoms with van der Waals surface area (Å²) in [5, 5.41) is 3.96. The normalized spacial score (nSPS) is 14.1. The molecule has 1 fully saturated rings. The third-order valence-electron chi connectivity index (χ3n) is 6.61. The van der Waals surface area contributed by atoms with Crippen molar-refractivity contribution in [2.24, 2.45) is 0 Å². The largest absolute Gasteiger partial charge is 0.493 e. The highest BCUT2D eigenvalue weighted by Crippen LogP contribution is 2.46. The SMILES string of the molecule is COc1cccc(-c2cc(-c3ccccc3)nc3sc(C(=O)NC4CCCCC4)c(N)c23)c1OC. The number of carbonyl (C=O) groups is 1. The first-order valence-corrected chi connectivity index (χ1v) is 12.7. The Labute approximate surface area is 209 Å². The smallest absolute Gasteiger partial charge is 0.263 e. The second-order valence-corrected chi connectivity index (χ2v) is 9.79. The van der Waals surface area contributed by atoms with E-state index in [2.05, 4.69) is 5.32 Å². The minimum absolute atomic E-state index is 0.123. The second-order valence-electron chi connectivity index (χ2n) is 8.80. The molecule has 6 nitrogen and oxygen atoms in total. The predicted octanol–water partition coefficient (Wildman–Crippen LogP) is 6.29. The fraction of sp³-hybridized carbons (Fsp3) is 0.286. The Morgan fingerprint density at radius 2 is 1.77 bits per heavy atom. The molecule has 2 heterocycles. The van der Waals surface area contributed by atoms with Gasteiger partial charge in [-0.25, -0.2) is 4.98 Å². The molecule has 1 amide bonds. The number of nitrogen functional groups attached to an aromatic ring is 1. The lowest BCUT2D eigenvalue weighted by atomic mass is 9.95. The number of hydrogen-bond acceptors (Lipinski definition) is 6. The van der Waals surface area contributed by atoms with Crippen molar-refractivity contribution in [1.82, 2.24) is 10.3 Å². The van der Waals surface area contributed by atoms with Crippen molar-refractivity contribution in [2.45, 2.75) is 38.1 Å². The summed E-state index contributed by atoms with van der Waals surface area (Å²) in [6, 6.07) is 18.0. The van der Waals surface area contributed by atoms with E-state index in [0.29, 0.717) is 22.1 Å². The van der Waals surface area contributed by atoms with Crippen molar-refractivity contribution in [1.29, 1.82) is 0 Å². The van der Waals surface area contributed by atoms with Crippen LogP contribution in [0.2, 0.25) is 0 Å². The van der Waals surface area contributed by atoms with Crippen LogP contribution in [0.3, 0.4) is 0 Å². The number of ether oxygens (including phenoxy) is 2. The maximum atomic E-state index is 13.3. The molecular weight excluding hydrogens is 458 g/mol. The molecule has 0 aliphatic heterocycles. The van der Waals surface area contributed by atoms with E-state index in [1.54, 1.807) is 14.2 Å². The monoisotopic (exact) mass is 487 g/mol. The number of aromatic nitrogens is 1. The molecule has 7 heteroatoms. The van der Waals surface area contributed by atoms with Crippen LogP contribution in [0.15, 0.2) is 54.6 Å². The molecule has 4 aromatic rings. The molecule has 0 atom stereocenters. The number of methoxy groups -OCH3 is 2. The number of rotatable bonds is 6. The molecule has 2 aromatic heterocycles. The van der Waals surface area contributed by atoms with Crippen molar-refractivity contribution in [3.63, 3.8) is 0 Å². The molecule has 1 aliphatic rings. The van der Waals surface area contributed by atoms with Gasteiger partial charge in [-0.3, -0.25) is 4.79 Å². The van der Waals surface area contributed by atoms with Gasteiger partial charge in [0.1, 0.15) is 9.71 Å². The summed E-state index contributed by atoms with van der Waals surface area (Å²) < 4.78 is 11.3. The van der Waals surface area contributed by atoms with Crippen molar-refractivity contribution >= 4 is 33.1 Å². The fourth-order valence-corrected chi connectivity index (χ4v) is 5.88. The minimum atomic E-state index is -0.123. The molecule has 0 spiro atoms. The zero-order valence-corrected chi connectivity index (χ0v) is 20.8. The highest BCUT2D eigenvalue weighted by molar-refractivity contribution is 7.21. The first-order valence-electron chi connectivity index (χ1n) is 11.9. The van der Waals surface area contributed by atoms with E-state index in [0.717, 1.165) is 58.3 Å². The maximum Gasteiger partial charge on any atom is 0.263 e. The van der Waals surface area contributed by atoms with Gasteiger partial charge in [0.2, 0.25) is 0 Å². The van der Waals surface area contributed by atoms with Crippen molar-refractivity contribution < 1.29 is 14.3 Å². The van der Waals surface area contributed by atoms with Crippen LogP contribution in [-0.2, 0) is 0 Å². The number of carbonyl (C=O) groups excluding carboxylic acids is 1. The summed E-state index contributed by atoms with van der Waals surface area (Å²) in [6.45, 7) is 0. The summed E-state index contributed by atoms with van der Waals surface area (Å²) in [6.07, 6.45) is 5.55. The molecule has 0 bridgehead atoms. The Morgan fingerprint density at radius 1 is 1.00 bits per heavy atom. The van der Waals surface area contributed by atoms with Gasteiger partial charge in [-0.1, -0.05) is 61.7 Å². The zero-order chi connectivity index (χ0) is 24.4. The highest BCUT2D eigenvalue weighted by Gasteiger charge is 2.25. The van der Waals surface area contributed by atoms with E-state index in [-0.39, 0.29) is 11.9 Å². The number of nitrogens with one attached hydrogen (secondary N) is 1. The number of anilines is 1. The van der Waals surface area contributed by atoms with Gasteiger partial charge in [-0.15, -0.1) is 11.3 Å².